The van der Waals surface area contributed by atoms with Gasteiger partial charge in [-0.15, -0.1) is 0 Å². The van der Waals surface area contributed by atoms with Gasteiger partial charge in [-0.1, -0.05) is 53.5 Å². The molecule has 1 aliphatic rings. The Morgan fingerprint density at radius 2 is 1.56 bits per heavy atom. The summed E-state index contributed by atoms with van der Waals surface area (Å²) in [6, 6.07) is 20.7. The first-order chi connectivity index (χ1) is 16.3. The molecule has 4 rings (SSSR count). The molecule has 34 heavy (non-hydrogen) atoms. The zero-order valence-corrected chi connectivity index (χ0v) is 19.9. The van der Waals surface area contributed by atoms with E-state index in [4.69, 9.17) is 35.4 Å². The molecule has 7 nitrogen and oxygen atoms in total. The first-order valence-corrected chi connectivity index (χ1v) is 11.3. The molecule has 0 spiro atoms. The Balaban J connectivity index is 1.61. The number of carbonyl (C=O) groups is 3. The Morgan fingerprint density at radius 1 is 0.912 bits per heavy atom. The summed E-state index contributed by atoms with van der Waals surface area (Å²) < 4.78 is 0. The third-order valence-electron chi connectivity index (χ3n) is 5.08. The number of benzene rings is 3. The summed E-state index contributed by atoms with van der Waals surface area (Å²) in [5.41, 5.74) is 3.93. The van der Waals surface area contributed by atoms with E-state index in [9.17, 15) is 14.4 Å². The van der Waals surface area contributed by atoms with Gasteiger partial charge in [-0.2, -0.15) is 0 Å². The fourth-order valence-corrected chi connectivity index (χ4v) is 4.11. The molecule has 0 aromatic heterocycles. The lowest BCUT2D eigenvalue weighted by Crippen LogP contribution is -2.49. The van der Waals surface area contributed by atoms with Crippen molar-refractivity contribution in [3.05, 3.63) is 94.5 Å². The number of hydrogen-bond acceptors (Lipinski definition) is 4. The van der Waals surface area contributed by atoms with Gasteiger partial charge in [-0.25, -0.2) is 5.01 Å². The minimum absolute atomic E-state index is 0.0344. The van der Waals surface area contributed by atoms with Crippen molar-refractivity contribution in [1.29, 1.82) is 0 Å². The number of amides is 3. The highest BCUT2D eigenvalue weighted by atomic mass is 35.5. The third kappa shape index (κ3) is 5.04. The Kier molecular flexibility index (Phi) is 7.12. The average Bonchev–Trinajstić information content (AvgIpc) is 3.05. The van der Waals surface area contributed by atoms with Gasteiger partial charge in [0.15, 0.2) is 0 Å². The second kappa shape index (κ2) is 10.2. The Bertz CT molecular complexity index is 1250. The molecular weight excluding hydrogens is 495 g/mol. The second-order valence-electron chi connectivity index (χ2n) is 7.36. The van der Waals surface area contributed by atoms with Crippen LogP contribution in [0.2, 0.25) is 10.0 Å². The van der Waals surface area contributed by atoms with Gasteiger partial charge in [0.2, 0.25) is 11.0 Å². The molecule has 1 fully saturated rings. The van der Waals surface area contributed by atoms with E-state index in [-0.39, 0.29) is 11.5 Å². The molecule has 2 N–H and O–H groups in total. The molecule has 0 bridgehead atoms. The monoisotopic (exact) mass is 512 g/mol. The van der Waals surface area contributed by atoms with Crippen LogP contribution in [0.4, 0.5) is 11.4 Å². The van der Waals surface area contributed by atoms with Crippen LogP contribution < -0.4 is 15.6 Å². The number of anilines is 2. The van der Waals surface area contributed by atoms with Gasteiger partial charge >= 0.3 is 0 Å². The molecule has 3 aromatic carbocycles. The lowest BCUT2D eigenvalue weighted by molar-refractivity contribution is -0.124. The maximum atomic E-state index is 13.4. The number of hydrazine groups is 1. The standard InChI is InChI=1S/C24H18Cl2N4O3S/c25-16-10-12-17(13-11-16)29-23(33)20(14-21(31)27-19-9-5-4-8-18(19)26)30(24(29)34)28-22(32)15-6-2-1-3-7-15/h1-13,20H,14H2,(H,27,31)(H,28,32). The van der Waals surface area contributed by atoms with E-state index in [1.165, 1.54) is 9.91 Å². The van der Waals surface area contributed by atoms with Crippen molar-refractivity contribution in [2.45, 2.75) is 12.5 Å². The lowest BCUT2D eigenvalue weighted by atomic mass is 10.1. The van der Waals surface area contributed by atoms with E-state index in [2.05, 4.69) is 10.7 Å². The number of nitrogens with one attached hydrogen (secondary N) is 2. The average molecular weight is 513 g/mol. The minimum Gasteiger partial charge on any atom is -0.325 e. The van der Waals surface area contributed by atoms with Crippen molar-refractivity contribution in [2.75, 3.05) is 10.2 Å². The Morgan fingerprint density at radius 3 is 2.24 bits per heavy atom. The molecule has 1 aliphatic heterocycles. The number of hydrogen-bond donors (Lipinski definition) is 2. The largest absolute Gasteiger partial charge is 0.325 e. The quantitative estimate of drug-likeness (QED) is 0.469. The first-order valence-electron chi connectivity index (χ1n) is 10.2. The first kappa shape index (κ1) is 23.7. The summed E-state index contributed by atoms with van der Waals surface area (Å²) in [5.74, 6) is -1.40. The number of nitrogens with zero attached hydrogens (tertiary/aromatic N) is 2. The molecule has 1 heterocycles. The topological polar surface area (TPSA) is 81.8 Å². The SMILES string of the molecule is O=C(CC1C(=O)N(c2ccc(Cl)cc2)C(=S)N1NC(=O)c1ccccc1)Nc1ccccc1Cl. The predicted octanol–water partition coefficient (Wildman–Crippen LogP) is 4.67. The van der Waals surface area contributed by atoms with Crippen LogP contribution in [0.25, 0.3) is 0 Å². The van der Waals surface area contributed by atoms with E-state index >= 15 is 0 Å². The van der Waals surface area contributed by atoms with Gasteiger partial charge in [0.1, 0.15) is 6.04 Å². The van der Waals surface area contributed by atoms with Crippen LogP contribution >= 0.6 is 35.4 Å². The number of carbonyl (C=O) groups excluding carboxylic acids is 3. The molecule has 172 valence electrons. The van der Waals surface area contributed by atoms with Crippen LogP contribution in [0, 0.1) is 0 Å². The molecule has 10 heteroatoms. The van der Waals surface area contributed by atoms with Crippen molar-refractivity contribution >= 4 is 69.6 Å². The van der Waals surface area contributed by atoms with Crippen molar-refractivity contribution in [3.8, 4) is 0 Å². The summed E-state index contributed by atoms with van der Waals surface area (Å²) in [7, 11) is 0. The van der Waals surface area contributed by atoms with Crippen LogP contribution in [-0.4, -0.2) is 33.9 Å². The molecule has 0 saturated carbocycles. The van der Waals surface area contributed by atoms with Crippen molar-refractivity contribution in [1.82, 2.24) is 10.4 Å². The summed E-state index contributed by atoms with van der Waals surface area (Å²) in [4.78, 5) is 40.3. The Labute approximate surface area is 211 Å². The van der Waals surface area contributed by atoms with E-state index in [1.54, 1.807) is 78.9 Å². The summed E-state index contributed by atoms with van der Waals surface area (Å²) in [6.07, 6.45) is -0.274. The van der Waals surface area contributed by atoms with Gasteiger partial charge < -0.3 is 5.32 Å². The van der Waals surface area contributed by atoms with E-state index < -0.39 is 23.8 Å². The third-order valence-corrected chi connectivity index (χ3v) is 6.04. The van der Waals surface area contributed by atoms with Gasteiger partial charge in [-0.3, -0.25) is 24.7 Å². The van der Waals surface area contributed by atoms with Gasteiger partial charge in [0.05, 0.1) is 22.8 Å². The maximum Gasteiger partial charge on any atom is 0.269 e. The molecular formula is C24H18Cl2N4O3S. The van der Waals surface area contributed by atoms with Crippen LogP contribution in [0.1, 0.15) is 16.8 Å². The zero-order chi connectivity index (χ0) is 24.2. The van der Waals surface area contributed by atoms with E-state index in [0.29, 0.717) is 27.0 Å². The van der Waals surface area contributed by atoms with Crippen molar-refractivity contribution in [3.63, 3.8) is 0 Å². The minimum atomic E-state index is -1.07. The molecule has 0 aliphatic carbocycles. The van der Waals surface area contributed by atoms with Crippen LogP contribution in [0.5, 0.6) is 0 Å². The molecule has 0 radical (unpaired) electrons. The number of halogens is 2. The molecule has 3 aromatic rings. The van der Waals surface area contributed by atoms with Gasteiger partial charge in [-0.05, 0) is 60.7 Å². The van der Waals surface area contributed by atoms with E-state index in [0.717, 1.165) is 0 Å². The smallest absolute Gasteiger partial charge is 0.269 e. The fourth-order valence-electron chi connectivity index (χ4n) is 3.43. The molecule has 1 atom stereocenters. The highest BCUT2D eigenvalue weighted by Gasteiger charge is 2.45. The zero-order valence-electron chi connectivity index (χ0n) is 17.6. The van der Waals surface area contributed by atoms with Crippen molar-refractivity contribution < 1.29 is 14.4 Å². The van der Waals surface area contributed by atoms with Crippen molar-refractivity contribution in [2.24, 2.45) is 0 Å². The highest BCUT2D eigenvalue weighted by molar-refractivity contribution is 7.80. The number of thiocarbonyl (C=S) groups is 1. The van der Waals surface area contributed by atoms with Gasteiger partial charge in [0, 0.05) is 10.6 Å². The number of rotatable bonds is 6. The van der Waals surface area contributed by atoms with Crippen LogP contribution in [-0.2, 0) is 9.59 Å². The van der Waals surface area contributed by atoms with E-state index in [1.807, 2.05) is 0 Å². The maximum absolute atomic E-state index is 13.4. The summed E-state index contributed by atoms with van der Waals surface area (Å²) >= 11 is 17.6. The van der Waals surface area contributed by atoms with Crippen LogP contribution in [0.3, 0.4) is 0 Å². The number of para-hydroxylation sites is 1. The Hall–Kier alpha value is -3.46. The molecule has 1 saturated heterocycles. The lowest BCUT2D eigenvalue weighted by Gasteiger charge is -2.24. The van der Waals surface area contributed by atoms with Crippen LogP contribution in [0.15, 0.2) is 78.9 Å². The normalized spacial score (nSPS) is 15.4. The summed E-state index contributed by atoms with van der Waals surface area (Å²) in [5, 5.41) is 4.83. The second-order valence-corrected chi connectivity index (χ2v) is 8.57. The van der Waals surface area contributed by atoms with Gasteiger partial charge in [0.25, 0.3) is 11.8 Å². The highest BCUT2D eigenvalue weighted by Crippen LogP contribution is 2.28. The summed E-state index contributed by atoms with van der Waals surface area (Å²) in [6.45, 7) is 0. The molecule has 1 unspecified atom stereocenters. The fraction of sp³-hybridized carbons (Fsp3) is 0.0833. The molecule has 3 amide bonds. The predicted molar refractivity (Wildman–Crippen MR) is 136 cm³/mol.